The van der Waals surface area contributed by atoms with Crippen LogP contribution in [0.4, 0.5) is 0 Å². The predicted octanol–water partition coefficient (Wildman–Crippen LogP) is 4.00. The molecule has 1 aliphatic rings. The molecule has 132 valence electrons. The van der Waals surface area contributed by atoms with Crippen LogP contribution in [-0.2, 0) is 9.59 Å². The number of allylic oxidation sites excluding steroid dienone is 1. The Hall–Kier alpha value is -3.01. The highest BCUT2D eigenvalue weighted by Crippen LogP contribution is 2.32. The third-order valence-corrected chi connectivity index (χ3v) is 4.69. The second-order valence-electron chi connectivity index (χ2n) is 6.77. The van der Waals surface area contributed by atoms with Gasteiger partial charge in [-0.15, -0.1) is 0 Å². The fourth-order valence-corrected chi connectivity index (χ4v) is 3.11. The molecule has 2 aromatic rings. The van der Waals surface area contributed by atoms with E-state index in [9.17, 15) is 19.5 Å². The lowest BCUT2D eigenvalue weighted by atomic mass is 9.95. The van der Waals surface area contributed by atoms with Crippen LogP contribution in [0, 0.1) is 19.8 Å². The predicted molar refractivity (Wildman–Crippen MR) is 99.0 cm³/mol. The zero-order valence-corrected chi connectivity index (χ0v) is 14.8. The van der Waals surface area contributed by atoms with Gasteiger partial charge in [0.05, 0.1) is 0 Å². The van der Waals surface area contributed by atoms with Gasteiger partial charge in [-0.3, -0.25) is 14.4 Å². The summed E-state index contributed by atoms with van der Waals surface area (Å²) in [7, 11) is 0. The maximum Gasteiger partial charge on any atom is 0.174 e. The lowest BCUT2D eigenvalue weighted by Gasteiger charge is -2.07. The Morgan fingerprint density at radius 3 is 1.96 bits per heavy atom. The molecule has 0 bridgehead atoms. The van der Waals surface area contributed by atoms with E-state index in [0.29, 0.717) is 11.1 Å². The summed E-state index contributed by atoms with van der Waals surface area (Å²) >= 11 is 0. The number of ketones is 3. The number of hydrogen-bond donors (Lipinski definition) is 1. The number of carbonyl (C=O) groups excluding carboxylic acids is 3. The van der Waals surface area contributed by atoms with Crippen molar-refractivity contribution in [3.63, 3.8) is 0 Å². The summed E-state index contributed by atoms with van der Waals surface area (Å²) in [5, 5.41) is 10.4. The SMILES string of the molecule is Cc1ccc(C(=O)CC2CC(=O)/C(=C(/O)c3ccc(C)cc3)C2=O)cc1. The van der Waals surface area contributed by atoms with Crippen LogP contribution in [0.25, 0.3) is 5.76 Å². The normalized spacial score (nSPS) is 18.9. The molecule has 0 radical (unpaired) electrons. The van der Waals surface area contributed by atoms with Gasteiger partial charge in [0.15, 0.2) is 17.3 Å². The second-order valence-corrected chi connectivity index (χ2v) is 6.77. The van der Waals surface area contributed by atoms with E-state index in [2.05, 4.69) is 0 Å². The second kappa shape index (κ2) is 7.08. The monoisotopic (exact) mass is 348 g/mol. The molecule has 1 atom stereocenters. The van der Waals surface area contributed by atoms with Crippen LogP contribution >= 0.6 is 0 Å². The fourth-order valence-electron chi connectivity index (χ4n) is 3.11. The first-order valence-corrected chi connectivity index (χ1v) is 8.54. The highest BCUT2D eigenvalue weighted by atomic mass is 16.3. The molecule has 1 unspecified atom stereocenters. The van der Waals surface area contributed by atoms with E-state index in [1.807, 2.05) is 26.0 Å². The van der Waals surface area contributed by atoms with E-state index < -0.39 is 17.5 Å². The lowest BCUT2D eigenvalue weighted by molar-refractivity contribution is -0.118. The Labute approximate surface area is 152 Å². The van der Waals surface area contributed by atoms with Gasteiger partial charge >= 0.3 is 0 Å². The van der Waals surface area contributed by atoms with E-state index in [-0.39, 0.29) is 30.0 Å². The molecule has 0 spiro atoms. The van der Waals surface area contributed by atoms with Crippen LogP contribution in [0.15, 0.2) is 54.1 Å². The van der Waals surface area contributed by atoms with Gasteiger partial charge in [0.25, 0.3) is 0 Å². The Morgan fingerprint density at radius 2 is 1.42 bits per heavy atom. The van der Waals surface area contributed by atoms with E-state index in [1.54, 1.807) is 36.4 Å². The maximum atomic E-state index is 12.6. The summed E-state index contributed by atoms with van der Waals surface area (Å²) in [4.78, 5) is 37.3. The number of benzene rings is 2. The number of Topliss-reactive ketones (excluding diaryl/α,β-unsaturated/α-hetero) is 3. The average Bonchev–Trinajstić information content (AvgIpc) is 2.89. The fraction of sp³-hybridized carbons (Fsp3) is 0.227. The molecule has 26 heavy (non-hydrogen) atoms. The summed E-state index contributed by atoms with van der Waals surface area (Å²) in [5.41, 5.74) is 2.82. The van der Waals surface area contributed by atoms with Crippen molar-refractivity contribution < 1.29 is 19.5 Å². The zero-order valence-electron chi connectivity index (χ0n) is 14.8. The van der Waals surface area contributed by atoms with Gasteiger partial charge in [0, 0.05) is 29.9 Å². The van der Waals surface area contributed by atoms with E-state index >= 15 is 0 Å². The summed E-state index contributed by atoms with van der Waals surface area (Å²) in [6.07, 6.45) is -0.0694. The summed E-state index contributed by atoms with van der Waals surface area (Å²) < 4.78 is 0. The Kier molecular flexibility index (Phi) is 4.85. The molecule has 0 aromatic heterocycles. The number of carbonyl (C=O) groups is 3. The smallest absolute Gasteiger partial charge is 0.174 e. The van der Waals surface area contributed by atoms with Gasteiger partial charge in [-0.05, 0) is 13.8 Å². The molecule has 0 aliphatic heterocycles. The van der Waals surface area contributed by atoms with Crippen molar-refractivity contribution in [2.75, 3.05) is 0 Å². The molecule has 1 saturated carbocycles. The Bertz CT molecular complexity index is 902. The van der Waals surface area contributed by atoms with Gasteiger partial charge in [-0.2, -0.15) is 0 Å². The molecule has 3 rings (SSSR count). The zero-order chi connectivity index (χ0) is 18.8. The molecule has 2 aromatic carbocycles. The highest BCUT2D eigenvalue weighted by Gasteiger charge is 2.40. The van der Waals surface area contributed by atoms with Crippen molar-refractivity contribution >= 4 is 23.1 Å². The molecule has 4 heteroatoms. The van der Waals surface area contributed by atoms with Gasteiger partial charge in [-0.25, -0.2) is 0 Å². The average molecular weight is 348 g/mol. The van der Waals surface area contributed by atoms with Crippen molar-refractivity contribution in [3.8, 4) is 0 Å². The quantitative estimate of drug-likeness (QED) is 0.392. The third kappa shape index (κ3) is 3.49. The standard InChI is InChI=1S/C22H20O4/c1-13-3-7-15(8-4-13)18(23)11-17-12-19(24)20(22(17)26)21(25)16-9-5-14(2)6-10-16/h3-10,17,25H,11-12H2,1-2H3/b21-20-. The minimum Gasteiger partial charge on any atom is -0.506 e. The van der Waals surface area contributed by atoms with Crippen LogP contribution < -0.4 is 0 Å². The van der Waals surface area contributed by atoms with Crippen molar-refractivity contribution in [2.24, 2.45) is 5.92 Å². The summed E-state index contributed by atoms with van der Waals surface area (Å²) in [6, 6.07) is 14.1. The number of hydrogen-bond acceptors (Lipinski definition) is 4. The molecule has 0 saturated heterocycles. The first-order valence-electron chi connectivity index (χ1n) is 8.54. The van der Waals surface area contributed by atoms with Gasteiger partial charge in [0.2, 0.25) is 0 Å². The van der Waals surface area contributed by atoms with Crippen LogP contribution in [0.5, 0.6) is 0 Å². The van der Waals surface area contributed by atoms with Crippen LogP contribution in [-0.4, -0.2) is 22.5 Å². The van der Waals surface area contributed by atoms with Gasteiger partial charge < -0.3 is 5.11 Å². The summed E-state index contributed by atoms with van der Waals surface area (Å²) in [6.45, 7) is 3.84. The minimum absolute atomic E-state index is 0.0295. The molecule has 1 N–H and O–H groups in total. The number of aliphatic hydroxyl groups excluding tert-OH is 1. The van der Waals surface area contributed by atoms with Crippen molar-refractivity contribution in [2.45, 2.75) is 26.7 Å². The number of rotatable bonds is 4. The Balaban J connectivity index is 1.82. The van der Waals surface area contributed by atoms with Crippen LogP contribution in [0.3, 0.4) is 0 Å². The van der Waals surface area contributed by atoms with Gasteiger partial charge in [0.1, 0.15) is 11.3 Å². The van der Waals surface area contributed by atoms with Crippen molar-refractivity contribution in [1.82, 2.24) is 0 Å². The minimum atomic E-state index is -0.709. The van der Waals surface area contributed by atoms with E-state index in [4.69, 9.17) is 0 Å². The largest absolute Gasteiger partial charge is 0.506 e. The van der Waals surface area contributed by atoms with E-state index in [1.165, 1.54) is 0 Å². The molecule has 1 aliphatic carbocycles. The van der Waals surface area contributed by atoms with Crippen molar-refractivity contribution in [3.05, 3.63) is 76.4 Å². The molecule has 0 heterocycles. The molecule has 0 amide bonds. The Morgan fingerprint density at radius 1 is 0.923 bits per heavy atom. The number of aliphatic hydroxyl groups is 1. The van der Waals surface area contributed by atoms with Crippen LogP contribution in [0.2, 0.25) is 0 Å². The first kappa shape index (κ1) is 17.8. The first-order chi connectivity index (χ1) is 12.4. The molecular weight excluding hydrogens is 328 g/mol. The topological polar surface area (TPSA) is 71.4 Å². The van der Waals surface area contributed by atoms with Crippen LogP contribution in [0.1, 0.15) is 39.9 Å². The molecule has 1 fully saturated rings. The highest BCUT2D eigenvalue weighted by molar-refractivity contribution is 6.30. The maximum absolute atomic E-state index is 12.6. The van der Waals surface area contributed by atoms with Gasteiger partial charge in [-0.1, -0.05) is 59.7 Å². The molecule has 4 nitrogen and oxygen atoms in total. The third-order valence-electron chi connectivity index (χ3n) is 4.69. The number of aryl methyl sites for hydroxylation is 2. The lowest BCUT2D eigenvalue weighted by Crippen LogP contribution is -2.14. The van der Waals surface area contributed by atoms with E-state index in [0.717, 1.165) is 11.1 Å². The summed E-state index contributed by atoms with van der Waals surface area (Å²) in [5.74, 6) is -2.04. The molecular formula is C22H20O4. The van der Waals surface area contributed by atoms with Crippen molar-refractivity contribution in [1.29, 1.82) is 0 Å².